The second kappa shape index (κ2) is 6.66. The van der Waals surface area contributed by atoms with E-state index >= 15 is 0 Å². The number of aromatic amines is 2. The molecule has 8 nitrogen and oxygen atoms in total. The third kappa shape index (κ3) is 3.59. The van der Waals surface area contributed by atoms with Gasteiger partial charge in [0.1, 0.15) is 5.69 Å². The minimum Gasteiger partial charge on any atom is -0.481 e. The summed E-state index contributed by atoms with van der Waals surface area (Å²) in [5.74, 6) is -1.66. The van der Waals surface area contributed by atoms with Crippen LogP contribution in [0, 0.1) is 5.92 Å². The van der Waals surface area contributed by atoms with Crippen LogP contribution in [0.15, 0.2) is 30.9 Å². The van der Waals surface area contributed by atoms with Crippen molar-refractivity contribution >= 4 is 11.9 Å². The summed E-state index contributed by atoms with van der Waals surface area (Å²) in [4.78, 5) is 37.5. The van der Waals surface area contributed by atoms with Gasteiger partial charge in [0.25, 0.3) is 5.91 Å². The smallest absolute Gasteiger partial charge is 0.309 e. The summed E-state index contributed by atoms with van der Waals surface area (Å²) in [6.45, 7) is 2.33. The van der Waals surface area contributed by atoms with Gasteiger partial charge in [-0.3, -0.25) is 14.5 Å². The summed E-state index contributed by atoms with van der Waals surface area (Å²) in [7, 11) is 0. The van der Waals surface area contributed by atoms with Crippen molar-refractivity contribution in [2.75, 3.05) is 26.2 Å². The van der Waals surface area contributed by atoms with E-state index in [1.807, 2.05) is 4.90 Å². The van der Waals surface area contributed by atoms with E-state index in [0.29, 0.717) is 31.9 Å². The number of hydrogen-bond acceptors (Lipinski definition) is 4. The van der Waals surface area contributed by atoms with E-state index in [-0.39, 0.29) is 12.5 Å². The normalized spacial score (nSPS) is 19.5. The molecule has 3 N–H and O–H groups in total. The number of carboxylic acid groups (broad SMARTS) is 1. The molecule has 0 aliphatic carbocycles. The predicted molar refractivity (Wildman–Crippen MR) is 81.7 cm³/mol. The first-order chi connectivity index (χ1) is 11.1. The van der Waals surface area contributed by atoms with Crippen LogP contribution in [0.4, 0.5) is 0 Å². The molecule has 3 rings (SSSR count). The van der Waals surface area contributed by atoms with Gasteiger partial charge in [-0.25, -0.2) is 4.98 Å². The Kier molecular flexibility index (Phi) is 4.42. The first-order valence-corrected chi connectivity index (χ1v) is 7.48. The molecule has 2 aromatic rings. The van der Waals surface area contributed by atoms with Crippen LogP contribution in [0.2, 0.25) is 0 Å². The van der Waals surface area contributed by atoms with E-state index in [4.69, 9.17) is 0 Å². The Bertz CT molecular complexity index is 653. The fourth-order valence-electron chi connectivity index (χ4n) is 2.81. The number of carbonyl (C=O) groups excluding carboxylic acids is 1. The van der Waals surface area contributed by atoms with Crippen molar-refractivity contribution < 1.29 is 14.7 Å². The first kappa shape index (κ1) is 15.3. The second-order valence-electron chi connectivity index (χ2n) is 5.68. The highest BCUT2D eigenvalue weighted by atomic mass is 16.4. The summed E-state index contributed by atoms with van der Waals surface area (Å²) in [6.07, 6.45) is 5.01. The fourth-order valence-corrected chi connectivity index (χ4v) is 2.81. The van der Waals surface area contributed by atoms with Crippen LogP contribution >= 0.6 is 0 Å². The summed E-state index contributed by atoms with van der Waals surface area (Å²) in [5, 5.41) is 9.44. The predicted octanol–water partition coefficient (Wildman–Crippen LogP) is 0.397. The Hall–Kier alpha value is -2.61. The quantitative estimate of drug-likeness (QED) is 0.757. The van der Waals surface area contributed by atoms with Gasteiger partial charge in [0, 0.05) is 50.8 Å². The molecule has 122 valence electrons. The minimum atomic E-state index is -0.884. The van der Waals surface area contributed by atoms with Crippen molar-refractivity contribution in [2.45, 2.75) is 6.54 Å². The second-order valence-corrected chi connectivity index (χ2v) is 5.68. The lowest BCUT2D eigenvalue weighted by Gasteiger charge is -2.21. The van der Waals surface area contributed by atoms with E-state index < -0.39 is 11.9 Å². The van der Waals surface area contributed by atoms with Crippen LogP contribution in [0.25, 0.3) is 0 Å². The number of nitrogens with one attached hydrogen (secondary N) is 2. The van der Waals surface area contributed by atoms with Gasteiger partial charge >= 0.3 is 5.97 Å². The van der Waals surface area contributed by atoms with Crippen molar-refractivity contribution in [3.05, 3.63) is 42.2 Å². The molecule has 0 unspecified atom stereocenters. The highest BCUT2D eigenvalue weighted by Gasteiger charge is 2.30. The van der Waals surface area contributed by atoms with Gasteiger partial charge in [-0.15, -0.1) is 0 Å². The van der Waals surface area contributed by atoms with Crippen LogP contribution in [-0.2, 0) is 11.3 Å². The number of rotatable bonds is 4. The van der Waals surface area contributed by atoms with E-state index in [0.717, 1.165) is 5.69 Å². The molecule has 1 atom stereocenters. The first-order valence-electron chi connectivity index (χ1n) is 7.48. The number of aromatic nitrogens is 3. The molecule has 0 spiro atoms. The van der Waals surface area contributed by atoms with Crippen LogP contribution in [0.5, 0.6) is 0 Å². The van der Waals surface area contributed by atoms with Crippen LogP contribution in [0.3, 0.4) is 0 Å². The maximum atomic E-state index is 12.5. The summed E-state index contributed by atoms with van der Waals surface area (Å²) >= 11 is 0. The van der Waals surface area contributed by atoms with Gasteiger partial charge in [-0.1, -0.05) is 0 Å². The molecule has 1 aliphatic rings. The standard InChI is InChI=1S/C15H19N5O3/c21-14(13-2-1-3-17-13)20-5-4-19(7-11(8-20)15(22)23)9-12-6-16-10-18-12/h1-3,6,10-11,17H,4-5,7-9H2,(H,16,18)(H,22,23)/t11-/m0/s1. The number of hydrogen-bond donors (Lipinski definition) is 3. The molecule has 8 heteroatoms. The molecule has 1 fully saturated rings. The average Bonchev–Trinajstić information content (AvgIpc) is 3.18. The maximum absolute atomic E-state index is 12.5. The number of H-pyrrole nitrogens is 2. The largest absolute Gasteiger partial charge is 0.481 e. The van der Waals surface area contributed by atoms with Gasteiger partial charge in [-0.05, 0) is 12.1 Å². The van der Waals surface area contributed by atoms with Crippen molar-refractivity contribution in [2.24, 2.45) is 5.92 Å². The molecule has 1 amide bonds. The highest BCUT2D eigenvalue weighted by Crippen LogP contribution is 2.14. The SMILES string of the molecule is O=C(O)[C@H]1CN(Cc2cnc[nH]2)CCN(C(=O)c2ccc[nH]2)C1. The molecule has 0 radical (unpaired) electrons. The molecular weight excluding hydrogens is 298 g/mol. The molecule has 0 saturated carbocycles. The fraction of sp³-hybridized carbons (Fsp3) is 0.400. The lowest BCUT2D eigenvalue weighted by Crippen LogP contribution is -2.38. The topological polar surface area (TPSA) is 105 Å². The van der Waals surface area contributed by atoms with Crippen LogP contribution < -0.4 is 0 Å². The van der Waals surface area contributed by atoms with Crippen LogP contribution in [0.1, 0.15) is 16.2 Å². The Morgan fingerprint density at radius 2 is 2.17 bits per heavy atom. The van der Waals surface area contributed by atoms with Crippen molar-refractivity contribution in [1.82, 2.24) is 24.8 Å². The zero-order chi connectivity index (χ0) is 16.2. The molecule has 2 aromatic heterocycles. The summed E-state index contributed by atoms with van der Waals surface area (Å²) in [5.41, 5.74) is 1.41. The van der Waals surface area contributed by atoms with Gasteiger partial charge in [0.2, 0.25) is 0 Å². The Labute approximate surface area is 133 Å². The van der Waals surface area contributed by atoms with Crippen molar-refractivity contribution in [1.29, 1.82) is 0 Å². The Morgan fingerprint density at radius 3 is 2.83 bits per heavy atom. The monoisotopic (exact) mass is 317 g/mol. The lowest BCUT2D eigenvalue weighted by atomic mass is 10.1. The number of imidazole rings is 1. The zero-order valence-electron chi connectivity index (χ0n) is 12.6. The molecule has 1 aliphatic heterocycles. The van der Waals surface area contributed by atoms with E-state index in [1.54, 1.807) is 35.8 Å². The molecule has 1 saturated heterocycles. The number of nitrogens with zero attached hydrogens (tertiary/aromatic N) is 3. The highest BCUT2D eigenvalue weighted by molar-refractivity contribution is 5.92. The minimum absolute atomic E-state index is 0.162. The third-order valence-electron chi connectivity index (χ3n) is 4.02. The van der Waals surface area contributed by atoms with Gasteiger partial charge in [0.15, 0.2) is 0 Å². The van der Waals surface area contributed by atoms with E-state index in [9.17, 15) is 14.7 Å². The number of amides is 1. The van der Waals surface area contributed by atoms with E-state index in [2.05, 4.69) is 15.0 Å². The van der Waals surface area contributed by atoms with Gasteiger partial charge in [-0.2, -0.15) is 0 Å². The molecule has 23 heavy (non-hydrogen) atoms. The third-order valence-corrected chi connectivity index (χ3v) is 4.02. The molecule has 0 bridgehead atoms. The number of aliphatic carboxylic acids is 1. The zero-order valence-corrected chi connectivity index (χ0v) is 12.6. The van der Waals surface area contributed by atoms with Gasteiger partial charge < -0.3 is 20.0 Å². The maximum Gasteiger partial charge on any atom is 0.309 e. The Balaban J connectivity index is 1.72. The summed E-state index contributed by atoms with van der Waals surface area (Å²) < 4.78 is 0. The van der Waals surface area contributed by atoms with E-state index in [1.165, 1.54) is 0 Å². The average molecular weight is 317 g/mol. The molecule has 0 aromatic carbocycles. The van der Waals surface area contributed by atoms with Crippen molar-refractivity contribution in [3.8, 4) is 0 Å². The Morgan fingerprint density at radius 1 is 1.30 bits per heavy atom. The molecular formula is C15H19N5O3. The number of carboxylic acids is 1. The van der Waals surface area contributed by atoms with Crippen molar-refractivity contribution in [3.63, 3.8) is 0 Å². The molecule has 3 heterocycles. The lowest BCUT2D eigenvalue weighted by molar-refractivity contribution is -0.142. The number of carbonyl (C=O) groups is 2. The summed E-state index contributed by atoms with van der Waals surface area (Å²) in [6, 6.07) is 3.45. The van der Waals surface area contributed by atoms with Gasteiger partial charge in [0.05, 0.1) is 12.2 Å². The van der Waals surface area contributed by atoms with Crippen LogP contribution in [-0.4, -0.2) is 67.9 Å².